The lowest BCUT2D eigenvalue weighted by molar-refractivity contribution is 0.340. The summed E-state index contributed by atoms with van der Waals surface area (Å²) in [4.78, 5) is 0. The van der Waals surface area contributed by atoms with Crippen LogP contribution in [0.15, 0.2) is 48.5 Å². The molecule has 0 saturated heterocycles. The fraction of sp³-hybridized carbons (Fsp3) is 0.278. The Morgan fingerprint density at radius 3 is 2.83 bits per heavy atom. The molecular formula is C18H21ClN2OS2. The van der Waals surface area contributed by atoms with E-state index in [0.29, 0.717) is 11.7 Å². The molecule has 3 nitrogen and oxygen atoms in total. The zero-order chi connectivity index (χ0) is 17.2. The van der Waals surface area contributed by atoms with Crippen LogP contribution in [0.2, 0.25) is 5.02 Å². The van der Waals surface area contributed by atoms with E-state index in [4.69, 9.17) is 28.6 Å². The second kappa shape index (κ2) is 10.4. The Bertz CT molecular complexity index is 667. The maximum Gasteiger partial charge on any atom is 0.170 e. The fourth-order valence-electron chi connectivity index (χ4n) is 2.06. The van der Waals surface area contributed by atoms with E-state index in [-0.39, 0.29) is 0 Å². The Hall–Kier alpha value is -1.43. The van der Waals surface area contributed by atoms with E-state index in [0.717, 1.165) is 34.5 Å². The second-order valence-electron chi connectivity index (χ2n) is 5.02. The number of thiocarbonyl (C=S) groups is 1. The Morgan fingerprint density at radius 2 is 2.04 bits per heavy atom. The van der Waals surface area contributed by atoms with Crippen LogP contribution in [0.25, 0.3) is 0 Å². The minimum absolute atomic E-state index is 0.618. The van der Waals surface area contributed by atoms with Gasteiger partial charge in [-0.3, -0.25) is 0 Å². The molecule has 2 aromatic carbocycles. The van der Waals surface area contributed by atoms with Crippen LogP contribution in [0.1, 0.15) is 12.5 Å². The number of rotatable bonds is 8. The van der Waals surface area contributed by atoms with E-state index >= 15 is 0 Å². The van der Waals surface area contributed by atoms with Crippen LogP contribution in [0.5, 0.6) is 5.75 Å². The van der Waals surface area contributed by atoms with Gasteiger partial charge >= 0.3 is 0 Å². The molecule has 2 N–H and O–H groups in total. The molecular weight excluding hydrogens is 360 g/mol. The van der Waals surface area contributed by atoms with Crippen LogP contribution in [0.4, 0.5) is 5.69 Å². The molecule has 2 aromatic rings. The van der Waals surface area contributed by atoms with Crippen molar-refractivity contribution >= 4 is 46.4 Å². The predicted octanol–water partition coefficient (Wildman–Crippen LogP) is 4.96. The van der Waals surface area contributed by atoms with Crippen LogP contribution < -0.4 is 15.4 Å². The van der Waals surface area contributed by atoms with Crippen LogP contribution in [0, 0.1) is 0 Å². The topological polar surface area (TPSA) is 33.3 Å². The van der Waals surface area contributed by atoms with Gasteiger partial charge in [-0.2, -0.15) is 11.8 Å². The molecule has 2 rings (SSSR count). The number of hydrogen-bond acceptors (Lipinski definition) is 3. The van der Waals surface area contributed by atoms with E-state index < -0.39 is 0 Å². The summed E-state index contributed by atoms with van der Waals surface area (Å²) in [5.74, 6) is 2.74. The first kappa shape index (κ1) is 18.9. The van der Waals surface area contributed by atoms with Gasteiger partial charge in [-0.25, -0.2) is 0 Å². The molecule has 0 atom stereocenters. The number of ether oxygens (including phenoxy) is 1. The van der Waals surface area contributed by atoms with Gasteiger partial charge in [0, 0.05) is 34.8 Å². The monoisotopic (exact) mass is 380 g/mol. The van der Waals surface area contributed by atoms with Gasteiger partial charge in [-0.15, -0.1) is 0 Å². The maximum atomic E-state index is 5.98. The Balaban J connectivity index is 1.65. The molecule has 0 aliphatic heterocycles. The third-order valence-electron chi connectivity index (χ3n) is 3.09. The van der Waals surface area contributed by atoms with Gasteiger partial charge in [0.1, 0.15) is 5.75 Å². The molecule has 0 saturated carbocycles. The quantitative estimate of drug-likeness (QED) is 0.499. The first-order chi connectivity index (χ1) is 11.7. The third-order valence-corrected chi connectivity index (χ3v) is 4.60. The lowest BCUT2D eigenvalue weighted by Gasteiger charge is -2.11. The van der Waals surface area contributed by atoms with Crippen LogP contribution in [0.3, 0.4) is 0 Å². The summed E-state index contributed by atoms with van der Waals surface area (Å²) in [6.07, 6.45) is 0. The Morgan fingerprint density at radius 1 is 1.21 bits per heavy atom. The molecule has 128 valence electrons. The molecule has 24 heavy (non-hydrogen) atoms. The van der Waals surface area contributed by atoms with E-state index in [1.165, 1.54) is 5.56 Å². The van der Waals surface area contributed by atoms with Crippen molar-refractivity contribution in [3.8, 4) is 5.75 Å². The van der Waals surface area contributed by atoms with Gasteiger partial charge in [0.25, 0.3) is 0 Å². The Labute approximate surface area is 158 Å². The summed E-state index contributed by atoms with van der Waals surface area (Å²) in [6.45, 7) is 3.42. The molecule has 0 spiro atoms. The lowest BCUT2D eigenvalue weighted by Crippen LogP contribution is -2.30. The van der Waals surface area contributed by atoms with Gasteiger partial charge in [0.05, 0.1) is 6.61 Å². The predicted molar refractivity (Wildman–Crippen MR) is 109 cm³/mol. The number of thioether (sulfide) groups is 1. The molecule has 0 radical (unpaired) electrons. The number of anilines is 1. The number of benzene rings is 2. The van der Waals surface area contributed by atoms with Crippen molar-refractivity contribution in [1.29, 1.82) is 0 Å². The van der Waals surface area contributed by atoms with Crippen LogP contribution >= 0.6 is 35.6 Å². The molecule has 0 fully saturated rings. The summed E-state index contributed by atoms with van der Waals surface area (Å²) in [5.41, 5.74) is 2.16. The first-order valence-electron chi connectivity index (χ1n) is 7.77. The van der Waals surface area contributed by atoms with Crippen LogP contribution in [-0.4, -0.2) is 24.0 Å². The summed E-state index contributed by atoms with van der Waals surface area (Å²) in [6, 6.07) is 15.7. The Kier molecular flexibility index (Phi) is 8.22. The molecule has 0 bridgehead atoms. The second-order valence-corrected chi connectivity index (χ2v) is 6.97. The van der Waals surface area contributed by atoms with Crippen molar-refractivity contribution in [2.24, 2.45) is 0 Å². The minimum Gasteiger partial charge on any atom is -0.494 e. The van der Waals surface area contributed by atoms with Crippen molar-refractivity contribution in [3.63, 3.8) is 0 Å². The number of hydrogen-bond donors (Lipinski definition) is 2. The maximum absolute atomic E-state index is 5.98. The van der Waals surface area contributed by atoms with Crippen LogP contribution in [-0.2, 0) is 5.75 Å². The first-order valence-corrected chi connectivity index (χ1v) is 9.71. The van der Waals surface area contributed by atoms with Crippen molar-refractivity contribution in [2.75, 3.05) is 24.2 Å². The van der Waals surface area contributed by atoms with Gasteiger partial charge in [0.2, 0.25) is 0 Å². The van der Waals surface area contributed by atoms with Gasteiger partial charge in [0.15, 0.2) is 5.11 Å². The van der Waals surface area contributed by atoms with Gasteiger partial charge < -0.3 is 15.4 Å². The summed E-state index contributed by atoms with van der Waals surface area (Å²) < 4.78 is 5.48. The fourth-order valence-corrected chi connectivity index (χ4v) is 3.30. The molecule has 0 amide bonds. The number of nitrogens with one attached hydrogen (secondary N) is 2. The summed E-state index contributed by atoms with van der Waals surface area (Å²) in [5, 5.41) is 7.78. The molecule has 0 heterocycles. The zero-order valence-electron chi connectivity index (χ0n) is 13.5. The highest BCUT2D eigenvalue weighted by Gasteiger charge is 2.00. The van der Waals surface area contributed by atoms with E-state index in [1.807, 2.05) is 61.2 Å². The lowest BCUT2D eigenvalue weighted by atomic mass is 10.2. The average molecular weight is 381 g/mol. The zero-order valence-corrected chi connectivity index (χ0v) is 15.9. The highest BCUT2D eigenvalue weighted by molar-refractivity contribution is 7.98. The van der Waals surface area contributed by atoms with Crippen molar-refractivity contribution < 1.29 is 4.74 Å². The van der Waals surface area contributed by atoms with E-state index in [1.54, 1.807) is 0 Å². The molecule has 0 unspecified atom stereocenters. The van der Waals surface area contributed by atoms with Gasteiger partial charge in [-0.1, -0.05) is 29.8 Å². The average Bonchev–Trinajstić information content (AvgIpc) is 2.55. The third kappa shape index (κ3) is 6.99. The molecule has 0 aliphatic rings. The van der Waals surface area contributed by atoms with Gasteiger partial charge in [-0.05, 0) is 49.0 Å². The summed E-state index contributed by atoms with van der Waals surface area (Å²) in [7, 11) is 0. The van der Waals surface area contributed by atoms with E-state index in [9.17, 15) is 0 Å². The molecule has 0 aliphatic carbocycles. The smallest absolute Gasteiger partial charge is 0.170 e. The van der Waals surface area contributed by atoms with Crippen molar-refractivity contribution in [2.45, 2.75) is 12.7 Å². The normalized spacial score (nSPS) is 10.2. The van der Waals surface area contributed by atoms with E-state index in [2.05, 4.69) is 16.7 Å². The molecule has 6 heteroatoms. The molecule has 0 aromatic heterocycles. The minimum atomic E-state index is 0.618. The number of halogens is 1. The van der Waals surface area contributed by atoms with Crippen molar-refractivity contribution in [3.05, 3.63) is 59.1 Å². The largest absolute Gasteiger partial charge is 0.494 e. The summed E-state index contributed by atoms with van der Waals surface area (Å²) >= 11 is 13.1. The standard InChI is InChI=1S/C18H21ClN2OS2/c1-2-22-17-8-4-7-16(12-17)21-18(23)20-9-10-24-13-14-5-3-6-15(19)11-14/h3-8,11-12H,2,9-10,13H2,1H3,(H2,20,21,23). The SMILES string of the molecule is CCOc1cccc(NC(=S)NCCSCc2cccc(Cl)c2)c1. The highest BCUT2D eigenvalue weighted by atomic mass is 35.5. The van der Waals surface area contributed by atoms with Crippen molar-refractivity contribution in [1.82, 2.24) is 5.32 Å². The highest BCUT2D eigenvalue weighted by Crippen LogP contribution is 2.17.